The van der Waals surface area contributed by atoms with E-state index in [1.165, 1.54) is 0 Å². The molecule has 0 spiro atoms. The lowest BCUT2D eigenvalue weighted by atomic mass is 9.99. The summed E-state index contributed by atoms with van der Waals surface area (Å²) in [6, 6.07) is 12.7. The van der Waals surface area contributed by atoms with Crippen LogP contribution in [0.25, 0.3) is 32.9 Å². The monoisotopic (exact) mass is 516 g/mol. The Morgan fingerprint density at radius 1 is 1.00 bits per heavy atom. The van der Waals surface area contributed by atoms with Gasteiger partial charge in [0.05, 0.1) is 18.8 Å². The predicted molar refractivity (Wildman–Crippen MR) is 142 cm³/mol. The highest BCUT2D eigenvalue weighted by Gasteiger charge is 2.31. The number of para-hydroxylation sites is 2. The zero-order valence-corrected chi connectivity index (χ0v) is 20.6. The zero-order chi connectivity index (χ0) is 26.3. The van der Waals surface area contributed by atoms with Crippen molar-refractivity contribution in [2.45, 2.75) is 20.0 Å². The molecule has 0 bridgehead atoms. The number of aromatic carboxylic acids is 1. The van der Waals surface area contributed by atoms with E-state index in [-0.39, 0.29) is 21.9 Å². The van der Waals surface area contributed by atoms with Gasteiger partial charge >= 0.3 is 5.97 Å². The van der Waals surface area contributed by atoms with Gasteiger partial charge in [0.25, 0.3) is 0 Å². The summed E-state index contributed by atoms with van der Waals surface area (Å²) in [6.45, 7) is 1.39. The lowest BCUT2D eigenvalue weighted by molar-refractivity contribution is 0.0702. The number of aliphatic hydroxyl groups is 2. The average molecular weight is 517 g/mol. The summed E-state index contributed by atoms with van der Waals surface area (Å²) in [5.41, 5.74) is 4.20. The van der Waals surface area contributed by atoms with Crippen LogP contribution in [0.3, 0.4) is 0 Å². The first kappa shape index (κ1) is 24.5. The number of nitrogens with one attached hydrogen (secondary N) is 2. The molecule has 0 radical (unpaired) electrons. The van der Waals surface area contributed by atoms with Crippen molar-refractivity contribution >= 4 is 44.9 Å². The number of H-pyrrole nitrogens is 2. The number of benzene rings is 2. The van der Waals surface area contributed by atoms with Crippen molar-refractivity contribution in [2.75, 3.05) is 6.61 Å². The van der Waals surface area contributed by atoms with Gasteiger partial charge in [-0.3, -0.25) is 4.79 Å². The molecular weight excluding hydrogens is 492 g/mol. The smallest absolute Gasteiger partial charge is 0.346 e. The summed E-state index contributed by atoms with van der Waals surface area (Å²) in [4.78, 5) is 31.8. The van der Waals surface area contributed by atoms with E-state index in [1.54, 1.807) is 36.5 Å². The number of carbonyl (C=O) groups is 2. The highest BCUT2D eigenvalue weighted by Crippen LogP contribution is 2.47. The molecule has 9 heteroatoms. The Morgan fingerprint density at radius 3 is 2.49 bits per heavy atom. The van der Waals surface area contributed by atoms with E-state index in [0.29, 0.717) is 50.9 Å². The molecule has 8 nitrogen and oxygen atoms in total. The minimum absolute atomic E-state index is 0.00694. The van der Waals surface area contributed by atoms with Crippen LogP contribution in [-0.2, 0) is 13.0 Å². The van der Waals surface area contributed by atoms with E-state index in [1.807, 2.05) is 25.1 Å². The number of hydrogen-bond donors (Lipinski definition) is 6. The van der Waals surface area contributed by atoms with Gasteiger partial charge in [-0.25, -0.2) is 4.79 Å². The Kier molecular flexibility index (Phi) is 6.43. The number of fused-ring (bicyclic) bond motifs is 2. The van der Waals surface area contributed by atoms with E-state index < -0.39 is 24.1 Å². The topological polar surface area (TPSA) is 147 Å². The number of carboxylic acid groups (broad SMARTS) is 1. The van der Waals surface area contributed by atoms with Crippen molar-refractivity contribution in [3.05, 3.63) is 86.9 Å². The summed E-state index contributed by atoms with van der Waals surface area (Å²) < 4.78 is 0. The number of aromatic hydroxyl groups is 1. The Bertz CT molecular complexity index is 1700. The van der Waals surface area contributed by atoms with Crippen LogP contribution in [0.4, 0.5) is 0 Å². The third-order valence-electron chi connectivity index (χ3n) is 6.44. The Labute approximate surface area is 215 Å². The second-order valence-electron chi connectivity index (χ2n) is 8.76. The quantitative estimate of drug-likeness (QED) is 0.127. The van der Waals surface area contributed by atoms with Crippen LogP contribution >= 0.6 is 11.3 Å². The maximum atomic E-state index is 13.7. The van der Waals surface area contributed by atoms with E-state index in [9.17, 15) is 30.0 Å². The van der Waals surface area contributed by atoms with Crippen molar-refractivity contribution in [1.29, 1.82) is 0 Å². The molecule has 0 aliphatic heterocycles. The van der Waals surface area contributed by atoms with Crippen LogP contribution in [0.5, 0.6) is 5.75 Å². The van der Waals surface area contributed by atoms with Gasteiger partial charge < -0.3 is 30.4 Å². The first-order chi connectivity index (χ1) is 17.8. The van der Waals surface area contributed by atoms with Gasteiger partial charge in [0.15, 0.2) is 0 Å². The molecule has 0 saturated carbocycles. The first-order valence-electron chi connectivity index (χ1n) is 11.6. The Balaban J connectivity index is 1.65. The maximum absolute atomic E-state index is 13.7. The number of carbonyl (C=O) groups excluding carboxylic acids is 1. The molecule has 5 aromatic rings. The molecule has 6 N–H and O–H groups in total. The van der Waals surface area contributed by atoms with Crippen LogP contribution in [0, 0.1) is 0 Å². The Morgan fingerprint density at radius 2 is 1.76 bits per heavy atom. The van der Waals surface area contributed by atoms with Gasteiger partial charge in [-0.2, -0.15) is 0 Å². The van der Waals surface area contributed by atoms with Gasteiger partial charge in [-0.05, 0) is 25.0 Å². The lowest BCUT2D eigenvalue weighted by Gasteiger charge is -2.05. The second-order valence-corrected chi connectivity index (χ2v) is 9.78. The van der Waals surface area contributed by atoms with Crippen LogP contribution in [0.2, 0.25) is 0 Å². The van der Waals surface area contributed by atoms with E-state index in [2.05, 4.69) is 9.97 Å². The summed E-state index contributed by atoms with van der Waals surface area (Å²) in [5, 5.41) is 41.7. The molecule has 3 heterocycles. The summed E-state index contributed by atoms with van der Waals surface area (Å²) in [6.07, 6.45) is 4.02. The van der Waals surface area contributed by atoms with Crippen molar-refractivity contribution < 1.29 is 30.0 Å². The van der Waals surface area contributed by atoms with Gasteiger partial charge in [0, 0.05) is 44.8 Å². The fraction of sp³-hybridized carbons (Fsp3) is 0.143. The van der Waals surface area contributed by atoms with Crippen LogP contribution in [0.1, 0.15) is 43.1 Å². The highest BCUT2D eigenvalue weighted by molar-refractivity contribution is 7.17. The molecule has 188 valence electrons. The number of thiophene rings is 1. The first-order valence-corrected chi connectivity index (χ1v) is 12.4. The second kappa shape index (κ2) is 9.70. The maximum Gasteiger partial charge on any atom is 0.346 e. The highest BCUT2D eigenvalue weighted by atomic mass is 32.1. The number of rotatable bonds is 8. The van der Waals surface area contributed by atoms with Gasteiger partial charge in [0.2, 0.25) is 5.78 Å². The molecule has 3 aromatic heterocycles. The zero-order valence-electron chi connectivity index (χ0n) is 19.8. The minimum Gasteiger partial charge on any atom is -0.506 e. The SMILES string of the molecule is C/C(=C/Cc1cccc2c(C(=O)c3sc(C(=O)O)c(-c4c(CO)[nH]c5ccccc45)c3O)c[nH]c12)CO. The largest absolute Gasteiger partial charge is 0.506 e. The fourth-order valence-electron chi connectivity index (χ4n) is 4.61. The summed E-state index contributed by atoms with van der Waals surface area (Å²) in [7, 11) is 0. The molecule has 0 saturated heterocycles. The molecule has 2 aromatic carbocycles. The molecule has 0 amide bonds. The molecule has 0 atom stereocenters. The lowest BCUT2D eigenvalue weighted by Crippen LogP contribution is -1.98. The van der Waals surface area contributed by atoms with Crippen LogP contribution in [-0.4, -0.2) is 48.8 Å². The van der Waals surface area contributed by atoms with Gasteiger partial charge in [0.1, 0.15) is 15.5 Å². The van der Waals surface area contributed by atoms with E-state index in [0.717, 1.165) is 16.7 Å². The van der Waals surface area contributed by atoms with Gasteiger partial charge in [-0.15, -0.1) is 11.3 Å². The molecular formula is C28H24N2O6S. The van der Waals surface area contributed by atoms with Crippen molar-refractivity contribution in [2.24, 2.45) is 0 Å². The summed E-state index contributed by atoms with van der Waals surface area (Å²) >= 11 is 0.711. The molecule has 37 heavy (non-hydrogen) atoms. The number of allylic oxidation sites excluding steroid dienone is 1. The van der Waals surface area contributed by atoms with Gasteiger partial charge in [-0.1, -0.05) is 48.0 Å². The van der Waals surface area contributed by atoms with E-state index in [4.69, 9.17) is 0 Å². The Hall–Kier alpha value is -4.18. The molecule has 0 fully saturated rings. The third kappa shape index (κ3) is 4.13. The molecule has 0 aliphatic rings. The van der Waals surface area contributed by atoms with E-state index >= 15 is 0 Å². The standard InChI is InChI=1S/C28H24N2O6S/c1-14(12-31)9-10-15-5-4-7-16-18(11-29-23(15)16)24(33)27-25(34)22(26(37-27)28(35)36)21-17-6-2-3-8-19(17)30-20(21)13-32/h2-9,11,29-32,34H,10,12-13H2,1H3,(H,35,36)/b14-9-. The van der Waals surface area contributed by atoms with Crippen LogP contribution < -0.4 is 0 Å². The fourth-order valence-corrected chi connectivity index (χ4v) is 5.60. The number of carboxylic acids is 1. The predicted octanol–water partition coefficient (Wildman–Crippen LogP) is 4.99. The molecule has 0 aliphatic carbocycles. The van der Waals surface area contributed by atoms with Crippen molar-refractivity contribution in [3.8, 4) is 16.9 Å². The number of aromatic amines is 2. The third-order valence-corrected chi connectivity index (χ3v) is 7.61. The number of ketones is 1. The number of aliphatic hydroxyl groups excluding tert-OH is 2. The molecule has 5 rings (SSSR count). The number of hydrogen-bond acceptors (Lipinski definition) is 6. The average Bonchev–Trinajstić information content (AvgIpc) is 3.59. The van der Waals surface area contributed by atoms with Crippen molar-refractivity contribution in [3.63, 3.8) is 0 Å². The number of aromatic nitrogens is 2. The molecule has 0 unspecified atom stereocenters. The van der Waals surface area contributed by atoms with Crippen molar-refractivity contribution in [1.82, 2.24) is 9.97 Å². The summed E-state index contributed by atoms with van der Waals surface area (Å²) in [5.74, 6) is -2.22. The minimum atomic E-state index is -1.28. The van der Waals surface area contributed by atoms with Crippen LogP contribution in [0.15, 0.2) is 60.3 Å². The normalized spacial score (nSPS) is 12.0.